The second-order valence-electron chi connectivity index (χ2n) is 6.45. The maximum absolute atomic E-state index is 10.0. The Balaban J connectivity index is 1.55. The van der Waals surface area contributed by atoms with Crippen molar-refractivity contribution in [1.82, 2.24) is 4.98 Å². The van der Waals surface area contributed by atoms with E-state index in [9.17, 15) is 5.11 Å². The second-order valence-corrected chi connectivity index (χ2v) is 6.45. The number of hydrogen-bond donors (Lipinski definition) is 1. The quantitative estimate of drug-likeness (QED) is 0.779. The van der Waals surface area contributed by atoms with E-state index in [1.54, 1.807) is 12.2 Å². The van der Waals surface area contributed by atoms with Crippen molar-refractivity contribution in [3.8, 4) is 5.95 Å². The molecule has 2 heterocycles. The number of para-hydroxylation sites is 1. The lowest BCUT2D eigenvalue weighted by Crippen LogP contribution is -2.19. The summed E-state index contributed by atoms with van der Waals surface area (Å²) in [6, 6.07) is 16.0. The van der Waals surface area contributed by atoms with Crippen LogP contribution in [0, 0.1) is 0 Å². The van der Waals surface area contributed by atoms with E-state index in [0.717, 1.165) is 27.5 Å². The lowest BCUT2D eigenvalue weighted by molar-refractivity contribution is 0.328. The highest BCUT2D eigenvalue weighted by atomic mass is 16.5. The van der Waals surface area contributed by atoms with E-state index >= 15 is 0 Å². The van der Waals surface area contributed by atoms with Crippen LogP contribution in [0.25, 0.3) is 24.3 Å². The third kappa shape index (κ3) is 3.67. The highest BCUT2D eigenvalue weighted by Crippen LogP contribution is 2.23. The van der Waals surface area contributed by atoms with Gasteiger partial charge in [0, 0.05) is 31.1 Å². The number of allylic oxidation sites excluding steroid dienone is 1. The summed E-state index contributed by atoms with van der Waals surface area (Å²) in [5, 5.41) is 12.0. The molecule has 0 saturated heterocycles. The fourth-order valence-corrected chi connectivity index (χ4v) is 2.81. The van der Waals surface area contributed by atoms with E-state index in [-0.39, 0.29) is 5.95 Å². The summed E-state index contributed by atoms with van der Waals surface area (Å²) in [6.07, 6.45) is 7.29. The molecular formula is C22H19N3O2. The molecule has 5 heteroatoms. The van der Waals surface area contributed by atoms with Crippen molar-refractivity contribution in [3.63, 3.8) is 0 Å². The molecule has 0 aliphatic carbocycles. The van der Waals surface area contributed by atoms with Crippen molar-refractivity contribution >= 4 is 30.0 Å². The number of aromatic hydroxyl groups is 1. The van der Waals surface area contributed by atoms with Gasteiger partial charge >= 0.3 is 5.95 Å². The van der Waals surface area contributed by atoms with Crippen LogP contribution in [0.1, 0.15) is 17.1 Å². The van der Waals surface area contributed by atoms with Crippen LogP contribution in [0.4, 0.5) is 5.69 Å². The molecule has 1 aliphatic heterocycles. The number of benzene rings is 2. The van der Waals surface area contributed by atoms with Gasteiger partial charge in [0.25, 0.3) is 0 Å². The van der Waals surface area contributed by atoms with Gasteiger partial charge in [-0.25, -0.2) is 9.98 Å². The van der Waals surface area contributed by atoms with E-state index in [4.69, 9.17) is 4.42 Å². The number of nitrogens with zero attached hydrogens (tertiary/aromatic N) is 3. The maximum Gasteiger partial charge on any atom is 0.310 e. The fourth-order valence-electron chi connectivity index (χ4n) is 2.81. The molecule has 4 rings (SSSR count). The average Bonchev–Trinajstić information content (AvgIpc) is 3.23. The summed E-state index contributed by atoms with van der Waals surface area (Å²) in [6.45, 7) is 0. The minimum Gasteiger partial charge on any atom is -0.479 e. The summed E-state index contributed by atoms with van der Waals surface area (Å²) < 4.78 is 5.34. The smallest absolute Gasteiger partial charge is 0.310 e. The molecule has 5 nitrogen and oxygen atoms in total. The molecule has 0 radical (unpaired) electrons. The van der Waals surface area contributed by atoms with Crippen molar-refractivity contribution in [2.45, 2.75) is 0 Å². The Bertz CT molecular complexity index is 1120. The van der Waals surface area contributed by atoms with Gasteiger partial charge in [0.1, 0.15) is 5.69 Å². The molecule has 0 fully saturated rings. The Morgan fingerprint density at radius 3 is 2.52 bits per heavy atom. The van der Waals surface area contributed by atoms with Gasteiger partial charge in [-0.1, -0.05) is 30.3 Å². The predicted molar refractivity (Wildman–Crippen MR) is 108 cm³/mol. The number of hydrogen-bond acceptors (Lipinski definition) is 5. The Labute approximate surface area is 156 Å². The molecule has 0 amide bonds. The monoisotopic (exact) mass is 357 g/mol. The topological polar surface area (TPSA) is 61.9 Å². The lowest BCUT2D eigenvalue weighted by Gasteiger charge is -2.11. The van der Waals surface area contributed by atoms with Gasteiger partial charge in [0.05, 0.1) is 11.1 Å². The Hall–Kier alpha value is -3.60. The molecule has 27 heavy (non-hydrogen) atoms. The van der Waals surface area contributed by atoms with Crippen LogP contribution in [0.5, 0.6) is 5.95 Å². The summed E-state index contributed by atoms with van der Waals surface area (Å²) in [5.74, 6) is 0.121. The minimum absolute atomic E-state index is 0.218. The van der Waals surface area contributed by atoms with Gasteiger partial charge in [-0.15, -0.1) is 0 Å². The summed E-state index contributed by atoms with van der Waals surface area (Å²) in [4.78, 5) is 10.9. The zero-order valence-electron chi connectivity index (χ0n) is 15.1. The summed E-state index contributed by atoms with van der Waals surface area (Å²) in [7, 11) is 4.01. The van der Waals surface area contributed by atoms with Crippen LogP contribution in [-0.4, -0.2) is 24.2 Å². The molecule has 1 aliphatic rings. The van der Waals surface area contributed by atoms with E-state index in [2.05, 4.69) is 9.98 Å². The Morgan fingerprint density at radius 1 is 1.00 bits per heavy atom. The molecule has 0 saturated carbocycles. The third-order valence-electron chi connectivity index (χ3n) is 4.25. The normalized spacial score (nSPS) is 14.2. The van der Waals surface area contributed by atoms with Gasteiger partial charge in [-0.2, -0.15) is 0 Å². The summed E-state index contributed by atoms with van der Waals surface area (Å²) in [5.41, 5.74) is 3.25. The van der Waals surface area contributed by atoms with Crippen molar-refractivity contribution in [2.75, 3.05) is 19.0 Å². The van der Waals surface area contributed by atoms with Gasteiger partial charge in [-0.3, -0.25) is 0 Å². The maximum atomic E-state index is 10.0. The molecule has 0 spiro atoms. The van der Waals surface area contributed by atoms with E-state index in [1.807, 2.05) is 79.7 Å². The highest BCUT2D eigenvalue weighted by Gasteiger charge is 2.10. The number of fused-ring (bicyclic) bond motifs is 1. The standard InChI is InChI=1S/C22H19N3O2/c1-25(2)18-10-7-15(8-11-18)9-12-21-24-20(22(26)27-21)14-17-13-16-5-3-4-6-19(16)23-17/h3-14,26H,1-2H3. The van der Waals surface area contributed by atoms with Gasteiger partial charge in [-0.05, 0) is 42.0 Å². The first-order chi connectivity index (χ1) is 13.1. The number of aromatic nitrogens is 1. The molecule has 3 aromatic rings. The average molecular weight is 357 g/mol. The van der Waals surface area contributed by atoms with Crippen molar-refractivity contribution in [1.29, 1.82) is 0 Å². The van der Waals surface area contributed by atoms with Crippen LogP contribution in [0.3, 0.4) is 0 Å². The number of oxazole rings is 1. The molecule has 0 bridgehead atoms. The third-order valence-corrected chi connectivity index (χ3v) is 4.25. The zero-order valence-corrected chi connectivity index (χ0v) is 15.1. The van der Waals surface area contributed by atoms with Crippen LogP contribution >= 0.6 is 0 Å². The number of rotatable bonds is 4. The Kier molecular flexibility index (Phi) is 4.34. The van der Waals surface area contributed by atoms with E-state index < -0.39 is 0 Å². The molecule has 2 aromatic carbocycles. The SMILES string of the molecule is CN(C)c1ccc(C=Cc2nc(C=C3C=c4ccccc4=N3)c(O)o2)cc1. The van der Waals surface area contributed by atoms with Crippen molar-refractivity contribution in [3.05, 3.63) is 82.0 Å². The van der Waals surface area contributed by atoms with Crippen LogP contribution in [-0.2, 0) is 0 Å². The molecular weight excluding hydrogens is 338 g/mol. The van der Waals surface area contributed by atoms with Crippen LogP contribution in [0.2, 0.25) is 0 Å². The molecule has 0 atom stereocenters. The molecule has 1 N–H and O–H groups in total. The first-order valence-electron chi connectivity index (χ1n) is 8.61. The molecule has 134 valence electrons. The first kappa shape index (κ1) is 16.8. The van der Waals surface area contributed by atoms with Gasteiger partial charge in [0.2, 0.25) is 5.89 Å². The van der Waals surface area contributed by atoms with Gasteiger partial charge in [0.15, 0.2) is 0 Å². The molecule has 1 aromatic heterocycles. The first-order valence-corrected chi connectivity index (χ1v) is 8.61. The van der Waals surface area contributed by atoms with Crippen molar-refractivity contribution < 1.29 is 9.52 Å². The summed E-state index contributed by atoms with van der Waals surface area (Å²) >= 11 is 0. The molecule has 0 unspecified atom stereocenters. The zero-order chi connectivity index (χ0) is 18.8. The van der Waals surface area contributed by atoms with Crippen LogP contribution < -0.4 is 15.5 Å². The predicted octanol–water partition coefficient (Wildman–Crippen LogP) is 3.07. The van der Waals surface area contributed by atoms with Gasteiger partial charge < -0.3 is 14.4 Å². The second kappa shape index (κ2) is 6.96. The van der Waals surface area contributed by atoms with E-state index in [0.29, 0.717) is 11.6 Å². The number of anilines is 1. The van der Waals surface area contributed by atoms with E-state index in [1.165, 1.54) is 0 Å². The Morgan fingerprint density at radius 2 is 1.78 bits per heavy atom. The minimum atomic E-state index is -0.218. The highest BCUT2D eigenvalue weighted by molar-refractivity contribution is 5.70. The fraction of sp³-hybridized carbons (Fsp3) is 0.0909. The largest absolute Gasteiger partial charge is 0.479 e. The van der Waals surface area contributed by atoms with Crippen molar-refractivity contribution in [2.24, 2.45) is 4.99 Å². The van der Waals surface area contributed by atoms with Crippen LogP contribution in [0.15, 0.2) is 63.6 Å². The lowest BCUT2D eigenvalue weighted by atomic mass is 10.2.